The quantitative estimate of drug-likeness (QED) is 0.769. The van der Waals surface area contributed by atoms with E-state index in [4.69, 9.17) is 4.74 Å². The third-order valence-corrected chi connectivity index (χ3v) is 4.69. The van der Waals surface area contributed by atoms with Crippen LogP contribution in [-0.2, 0) is 9.53 Å². The molecular formula is C12H20O4. The number of carbonyl (C=O) groups is 1. The molecule has 92 valence electrons. The molecule has 0 amide bonds. The number of ether oxygens (including phenoxy) is 1. The van der Waals surface area contributed by atoms with Crippen molar-refractivity contribution < 1.29 is 19.7 Å². The highest BCUT2D eigenvalue weighted by atomic mass is 16.5. The molecule has 0 aromatic heterocycles. The third-order valence-electron chi connectivity index (χ3n) is 4.69. The second-order valence-corrected chi connectivity index (χ2v) is 5.45. The molecule has 3 atom stereocenters. The number of aliphatic hydroxyl groups excluding tert-OH is 1. The van der Waals surface area contributed by atoms with E-state index in [2.05, 4.69) is 0 Å². The molecule has 2 aliphatic rings. The second-order valence-electron chi connectivity index (χ2n) is 5.45. The standard InChI is InChI=1S/C12H20O4/c1-3-10(2)12(9(14)15)6-4-5-11(7-12,8-13)16-10/h13H,3-8H2,1-2H3,(H,14,15)/t10-,11-,12+/m1/s1. The van der Waals surface area contributed by atoms with E-state index >= 15 is 0 Å². The molecule has 4 nitrogen and oxygen atoms in total. The van der Waals surface area contributed by atoms with Crippen LogP contribution in [0.4, 0.5) is 0 Å². The van der Waals surface area contributed by atoms with E-state index in [0.29, 0.717) is 19.3 Å². The van der Waals surface area contributed by atoms with E-state index in [1.165, 1.54) is 0 Å². The van der Waals surface area contributed by atoms with Crippen molar-refractivity contribution in [3.63, 3.8) is 0 Å². The normalized spacial score (nSPS) is 46.9. The Morgan fingerprint density at radius 2 is 2.12 bits per heavy atom. The fraction of sp³-hybridized carbons (Fsp3) is 0.917. The van der Waals surface area contributed by atoms with Gasteiger partial charge < -0.3 is 14.9 Å². The number of hydrogen-bond donors (Lipinski definition) is 2. The van der Waals surface area contributed by atoms with Gasteiger partial charge in [0.15, 0.2) is 0 Å². The predicted octanol–water partition coefficient (Wildman–Crippen LogP) is 1.56. The van der Waals surface area contributed by atoms with Crippen LogP contribution >= 0.6 is 0 Å². The summed E-state index contributed by atoms with van der Waals surface area (Å²) in [7, 11) is 0. The summed E-state index contributed by atoms with van der Waals surface area (Å²) in [5.41, 5.74) is -2.05. The number of carboxylic acid groups (broad SMARTS) is 1. The molecular weight excluding hydrogens is 208 g/mol. The highest BCUT2D eigenvalue weighted by molar-refractivity contribution is 5.77. The summed E-state index contributed by atoms with van der Waals surface area (Å²) < 4.78 is 5.99. The van der Waals surface area contributed by atoms with Gasteiger partial charge in [0.2, 0.25) is 0 Å². The number of rotatable bonds is 3. The Hall–Kier alpha value is -0.610. The van der Waals surface area contributed by atoms with Crippen LogP contribution in [0.5, 0.6) is 0 Å². The average molecular weight is 228 g/mol. The number of hydrogen-bond acceptors (Lipinski definition) is 3. The van der Waals surface area contributed by atoms with Crippen molar-refractivity contribution in [3.8, 4) is 0 Å². The molecule has 16 heavy (non-hydrogen) atoms. The van der Waals surface area contributed by atoms with E-state index in [9.17, 15) is 15.0 Å². The lowest BCUT2D eigenvalue weighted by Gasteiger charge is -2.38. The molecule has 0 spiro atoms. The van der Waals surface area contributed by atoms with Crippen LogP contribution in [0.2, 0.25) is 0 Å². The van der Waals surface area contributed by atoms with Crippen LogP contribution in [0.1, 0.15) is 46.0 Å². The van der Waals surface area contributed by atoms with Gasteiger partial charge in [-0.05, 0) is 39.0 Å². The van der Waals surface area contributed by atoms with Crippen molar-refractivity contribution in [2.75, 3.05) is 6.61 Å². The predicted molar refractivity (Wildman–Crippen MR) is 58.1 cm³/mol. The average Bonchev–Trinajstić information content (AvgIpc) is 2.46. The number of aliphatic carboxylic acids is 1. The molecule has 0 radical (unpaired) electrons. The van der Waals surface area contributed by atoms with Gasteiger partial charge in [-0.3, -0.25) is 4.79 Å². The van der Waals surface area contributed by atoms with Crippen LogP contribution in [-0.4, -0.2) is 34.0 Å². The van der Waals surface area contributed by atoms with Crippen molar-refractivity contribution in [2.24, 2.45) is 5.41 Å². The summed E-state index contributed by atoms with van der Waals surface area (Å²) >= 11 is 0. The summed E-state index contributed by atoms with van der Waals surface area (Å²) in [6.07, 6.45) is 3.38. The molecule has 1 saturated heterocycles. The van der Waals surface area contributed by atoms with Crippen LogP contribution in [0.3, 0.4) is 0 Å². The maximum Gasteiger partial charge on any atom is 0.312 e. The molecule has 1 heterocycles. The molecule has 2 bridgehead atoms. The molecule has 0 unspecified atom stereocenters. The fourth-order valence-corrected chi connectivity index (χ4v) is 3.54. The molecule has 1 aliphatic carbocycles. The largest absolute Gasteiger partial charge is 0.481 e. The number of fused-ring (bicyclic) bond motifs is 2. The summed E-state index contributed by atoms with van der Waals surface area (Å²) in [6.45, 7) is 3.76. The summed E-state index contributed by atoms with van der Waals surface area (Å²) in [5, 5.41) is 19.0. The Morgan fingerprint density at radius 1 is 1.44 bits per heavy atom. The number of carboxylic acids is 1. The van der Waals surface area contributed by atoms with Crippen molar-refractivity contribution in [2.45, 2.75) is 57.2 Å². The first-order chi connectivity index (χ1) is 7.44. The summed E-state index contributed by atoms with van der Waals surface area (Å²) in [4.78, 5) is 11.6. The van der Waals surface area contributed by atoms with Crippen LogP contribution in [0.25, 0.3) is 0 Å². The van der Waals surface area contributed by atoms with E-state index in [0.717, 1.165) is 12.8 Å². The molecule has 2 N–H and O–H groups in total. The minimum absolute atomic E-state index is 0.0718. The van der Waals surface area contributed by atoms with Gasteiger partial charge in [0.25, 0.3) is 0 Å². The fourth-order valence-electron chi connectivity index (χ4n) is 3.54. The first-order valence-corrected chi connectivity index (χ1v) is 5.98. The van der Waals surface area contributed by atoms with Gasteiger partial charge in [-0.25, -0.2) is 0 Å². The first-order valence-electron chi connectivity index (χ1n) is 5.98. The topological polar surface area (TPSA) is 66.8 Å². The molecule has 2 fully saturated rings. The highest BCUT2D eigenvalue weighted by Crippen LogP contribution is 2.60. The second kappa shape index (κ2) is 3.44. The zero-order valence-electron chi connectivity index (χ0n) is 9.95. The van der Waals surface area contributed by atoms with Gasteiger partial charge in [0.05, 0.1) is 23.2 Å². The van der Waals surface area contributed by atoms with Crippen LogP contribution < -0.4 is 0 Å². The molecule has 1 aliphatic heterocycles. The zero-order valence-corrected chi connectivity index (χ0v) is 9.95. The minimum Gasteiger partial charge on any atom is -0.481 e. The Labute approximate surface area is 95.6 Å². The maximum atomic E-state index is 11.6. The lowest BCUT2D eigenvalue weighted by atomic mass is 9.62. The van der Waals surface area contributed by atoms with E-state index in [1.807, 2.05) is 13.8 Å². The molecule has 1 saturated carbocycles. The Bertz CT molecular complexity index is 316. The third kappa shape index (κ3) is 1.26. The number of aliphatic hydroxyl groups is 1. The van der Waals surface area contributed by atoms with Crippen molar-refractivity contribution in [3.05, 3.63) is 0 Å². The monoisotopic (exact) mass is 228 g/mol. The van der Waals surface area contributed by atoms with Gasteiger partial charge in [0.1, 0.15) is 0 Å². The Kier molecular flexibility index (Phi) is 2.55. The van der Waals surface area contributed by atoms with E-state index in [-0.39, 0.29) is 6.61 Å². The zero-order chi connectivity index (χ0) is 12.0. The van der Waals surface area contributed by atoms with Crippen molar-refractivity contribution >= 4 is 5.97 Å². The van der Waals surface area contributed by atoms with Gasteiger partial charge in [0, 0.05) is 0 Å². The smallest absolute Gasteiger partial charge is 0.312 e. The van der Waals surface area contributed by atoms with Gasteiger partial charge in [-0.1, -0.05) is 6.92 Å². The Morgan fingerprint density at radius 3 is 2.62 bits per heavy atom. The van der Waals surface area contributed by atoms with Crippen molar-refractivity contribution in [1.29, 1.82) is 0 Å². The maximum absolute atomic E-state index is 11.6. The summed E-state index contributed by atoms with van der Waals surface area (Å²) in [6, 6.07) is 0. The molecule has 4 heteroatoms. The summed E-state index contributed by atoms with van der Waals surface area (Å²) in [5.74, 6) is -0.771. The Balaban J connectivity index is 2.45. The first kappa shape index (κ1) is 11.9. The lowest BCUT2D eigenvalue weighted by molar-refractivity contribution is -0.164. The van der Waals surface area contributed by atoms with E-state index in [1.54, 1.807) is 0 Å². The highest BCUT2D eigenvalue weighted by Gasteiger charge is 2.67. The van der Waals surface area contributed by atoms with E-state index < -0.39 is 22.6 Å². The SMILES string of the molecule is CC[C@@]1(C)O[C@]2(CO)CCC[C@@]1(C(=O)O)C2. The van der Waals surface area contributed by atoms with Crippen LogP contribution in [0, 0.1) is 5.41 Å². The van der Waals surface area contributed by atoms with Gasteiger partial charge in [-0.2, -0.15) is 0 Å². The van der Waals surface area contributed by atoms with Crippen molar-refractivity contribution in [1.82, 2.24) is 0 Å². The molecule has 2 rings (SSSR count). The minimum atomic E-state index is -0.803. The van der Waals surface area contributed by atoms with Gasteiger partial charge in [-0.15, -0.1) is 0 Å². The lowest BCUT2D eigenvalue weighted by Crippen LogP contribution is -2.48. The molecule has 0 aromatic rings. The van der Waals surface area contributed by atoms with Crippen LogP contribution in [0.15, 0.2) is 0 Å². The molecule has 0 aromatic carbocycles. The van der Waals surface area contributed by atoms with Gasteiger partial charge >= 0.3 is 5.97 Å².